The number of carbonyl (C=O) groups is 2. The number of rotatable bonds is 3. The Labute approximate surface area is 99.5 Å². The molecule has 2 aromatic heterocycles. The predicted octanol–water partition coefficient (Wildman–Crippen LogP) is -2.43. The van der Waals surface area contributed by atoms with Crippen LogP contribution in [0.2, 0.25) is 0 Å². The Kier molecular flexibility index (Phi) is 3.21. The summed E-state index contributed by atoms with van der Waals surface area (Å²) in [5.74, 6) is -1.96. The highest BCUT2D eigenvalue weighted by Crippen LogP contribution is 2.01. The Bertz CT molecular complexity index is 486. The van der Waals surface area contributed by atoms with Gasteiger partial charge in [-0.25, -0.2) is 0 Å². The van der Waals surface area contributed by atoms with Gasteiger partial charge in [-0.05, 0) is 0 Å². The minimum absolute atomic E-state index is 0.711. The molecule has 2 aromatic rings. The summed E-state index contributed by atoms with van der Waals surface area (Å²) in [5.41, 5.74) is 0. The van der Waals surface area contributed by atoms with Crippen LogP contribution in [-0.4, -0.2) is 64.2 Å². The molecule has 2 unspecified atom stereocenters. The molecule has 18 heavy (non-hydrogen) atoms. The molecular formula is C8H8N6O4. The molecular weight excluding hydrogens is 244 g/mol. The Morgan fingerprint density at radius 3 is 1.56 bits per heavy atom. The summed E-state index contributed by atoms with van der Waals surface area (Å²) in [4.78, 5) is 23.1. The molecule has 2 atom stereocenters. The summed E-state index contributed by atoms with van der Waals surface area (Å²) in [5, 5.41) is 32.5. The van der Waals surface area contributed by atoms with Crippen LogP contribution >= 0.6 is 0 Å². The van der Waals surface area contributed by atoms with Crippen molar-refractivity contribution in [2.24, 2.45) is 0 Å². The van der Waals surface area contributed by atoms with Gasteiger partial charge in [0.25, 0.3) is 11.8 Å². The van der Waals surface area contributed by atoms with Crippen molar-refractivity contribution >= 4 is 11.8 Å². The van der Waals surface area contributed by atoms with Gasteiger partial charge in [-0.1, -0.05) is 10.4 Å². The van der Waals surface area contributed by atoms with E-state index >= 15 is 0 Å². The van der Waals surface area contributed by atoms with Gasteiger partial charge in [0.05, 0.1) is 24.8 Å². The third kappa shape index (κ3) is 2.14. The van der Waals surface area contributed by atoms with E-state index in [1.807, 2.05) is 0 Å². The fourth-order valence-electron chi connectivity index (χ4n) is 1.19. The first-order valence-corrected chi connectivity index (χ1v) is 4.78. The number of aliphatic hydroxyl groups excluding tert-OH is 2. The molecule has 0 radical (unpaired) electrons. The van der Waals surface area contributed by atoms with Gasteiger partial charge in [-0.2, -0.15) is 9.36 Å². The van der Waals surface area contributed by atoms with Crippen molar-refractivity contribution in [1.82, 2.24) is 30.0 Å². The topological polar surface area (TPSA) is 136 Å². The van der Waals surface area contributed by atoms with Crippen LogP contribution in [0.15, 0.2) is 24.8 Å². The third-order valence-corrected chi connectivity index (χ3v) is 2.10. The Morgan fingerprint density at radius 2 is 1.28 bits per heavy atom. The molecule has 2 rings (SSSR count). The number of nitrogens with zero attached hydrogens (tertiary/aromatic N) is 6. The molecule has 10 nitrogen and oxygen atoms in total. The summed E-state index contributed by atoms with van der Waals surface area (Å²) in [6.45, 7) is 0. The summed E-state index contributed by atoms with van der Waals surface area (Å²) >= 11 is 0. The van der Waals surface area contributed by atoms with Crippen molar-refractivity contribution in [3.8, 4) is 0 Å². The lowest BCUT2D eigenvalue weighted by Gasteiger charge is -2.14. The van der Waals surface area contributed by atoms with Crippen molar-refractivity contribution in [3.63, 3.8) is 0 Å². The van der Waals surface area contributed by atoms with Crippen LogP contribution in [-0.2, 0) is 0 Å². The molecule has 10 heteroatoms. The number of hydrogen-bond donors (Lipinski definition) is 2. The quantitative estimate of drug-likeness (QED) is 0.615. The van der Waals surface area contributed by atoms with Crippen LogP contribution < -0.4 is 0 Å². The zero-order chi connectivity index (χ0) is 13.1. The Hall–Kier alpha value is -2.46. The maximum Gasteiger partial charge on any atom is 0.280 e. The Balaban J connectivity index is 2.12. The zero-order valence-corrected chi connectivity index (χ0v) is 8.86. The maximum atomic E-state index is 11.6. The molecule has 0 aromatic carbocycles. The first kappa shape index (κ1) is 12.0. The molecule has 94 valence electrons. The van der Waals surface area contributed by atoms with E-state index in [9.17, 15) is 19.8 Å². The van der Waals surface area contributed by atoms with E-state index in [0.29, 0.717) is 9.36 Å². The monoisotopic (exact) mass is 252 g/mol. The molecule has 0 amide bonds. The molecule has 2 heterocycles. The second-order valence-corrected chi connectivity index (χ2v) is 3.26. The van der Waals surface area contributed by atoms with Gasteiger partial charge in [0, 0.05) is 0 Å². The summed E-state index contributed by atoms with van der Waals surface area (Å²) in [6, 6.07) is 0. The second-order valence-electron chi connectivity index (χ2n) is 3.26. The maximum absolute atomic E-state index is 11.6. The van der Waals surface area contributed by atoms with Crippen molar-refractivity contribution < 1.29 is 19.8 Å². The molecule has 0 aliphatic carbocycles. The van der Waals surface area contributed by atoms with E-state index in [1.165, 1.54) is 24.8 Å². The summed E-state index contributed by atoms with van der Waals surface area (Å²) in [7, 11) is 0. The van der Waals surface area contributed by atoms with Gasteiger partial charge in [0.1, 0.15) is 0 Å². The fraction of sp³-hybridized carbons (Fsp3) is 0.250. The predicted molar refractivity (Wildman–Crippen MR) is 53.3 cm³/mol. The van der Waals surface area contributed by atoms with Gasteiger partial charge in [-0.3, -0.25) is 9.59 Å². The molecule has 0 saturated carbocycles. The second kappa shape index (κ2) is 4.81. The van der Waals surface area contributed by atoms with Crippen LogP contribution in [0.25, 0.3) is 0 Å². The summed E-state index contributed by atoms with van der Waals surface area (Å²) in [6.07, 6.45) is 0.856. The normalized spacial score (nSPS) is 14.1. The average molecular weight is 252 g/mol. The summed E-state index contributed by atoms with van der Waals surface area (Å²) < 4.78 is 1.42. The minimum atomic E-state index is -1.97. The fourth-order valence-corrected chi connectivity index (χ4v) is 1.19. The lowest BCUT2D eigenvalue weighted by molar-refractivity contribution is 0.00975. The first-order valence-electron chi connectivity index (χ1n) is 4.78. The number of carbonyl (C=O) groups excluding carboxylic acids is 2. The van der Waals surface area contributed by atoms with E-state index in [1.54, 1.807) is 0 Å². The van der Waals surface area contributed by atoms with Crippen molar-refractivity contribution in [3.05, 3.63) is 24.8 Å². The SMILES string of the molecule is O=C(C(O)C(O)C(=O)n1ccnn1)n1ccnn1. The van der Waals surface area contributed by atoms with Crippen molar-refractivity contribution in [2.75, 3.05) is 0 Å². The smallest absolute Gasteiger partial charge is 0.280 e. The van der Waals surface area contributed by atoms with Gasteiger partial charge < -0.3 is 10.2 Å². The van der Waals surface area contributed by atoms with Gasteiger partial charge in [-0.15, -0.1) is 10.2 Å². The highest BCUT2D eigenvalue weighted by atomic mass is 16.3. The molecule has 0 aliphatic heterocycles. The third-order valence-electron chi connectivity index (χ3n) is 2.10. The van der Waals surface area contributed by atoms with Crippen LogP contribution in [0.4, 0.5) is 0 Å². The van der Waals surface area contributed by atoms with E-state index in [0.717, 1.165) is 0 Å². The van der Waals surface area contributed by atoms with Gasteiger partial charge in [0.2, 0.25) is 0 Å². The van der Waals surface area contributed by atoms with Crippen molar-refractivity contribution in [1.29, 1.82) is 0 Å². The highest BCUT2D eigenvalue weighted by Gasteiger charge is 2.33. The minimum Gasteiger partial charge on any atom is -0.380 e. The van der Waals surface area contributed by atoms with E-state index in [2.05, 4.69) is 20.6 Å². The number of aromatic nitrogens is 6. The first-order chi connectivity index (χ1) is 8.61. The van der Waals surface area contributed by atoms with Gasteiger partial charge in [0.15, 0.2) is 12.2 Å². The van der Waals surface area contributed by atoms with Crippen LogP contribution in [0.5, 0.6) is 0 Å². The zero-order valence-electron chi connectivity index (χ0n) is 8.86. The standard InChI is InChI=1S/C8H8N6O4/c15-5(7(17)13-3-1-9-11-13)6(16)8(18)14-4-2-10-12-14/h1-6,15-16H. The molecule has 0 bridgehead atoms. The Morgan fingerprint density at radius 1 is 0.889 bits per heavy atom. The number of hydrogen-bond acceptors (Lipinski definition) is 8. The van der Waals surface area contributed by atoms with E-state index < -0.39 is 24.0 Å². The van der Waals surface area contributed by atoms with Crippen LogP contribution in [0.3, 0.4) is 0 Å². The van der Waals surface area contributed by atoms with E-state index in [-0.39, 0.29) is 0 Å². The average Bonchev–Trinajstić information content (AvgIpc) is 3.06. The largest absolute Gasteiger partial charge is 0.380 e. The molecule has 0 aliphatic rings. The lowest BCUT2D eigenvalue weighted by Crippen LogP contribution is -2.44. The highest BCUT2D eigenvalue weighted by molar-refractivity contribution is 5.92. The molecule has 0 saturated heterocycles. The van der Waals surface area contributed by atoms with Gasteiger partial charge >= 0.3 is 0 Å². The molecule has 0 spiro atoms. The molecule has 0 fully saturated rings. The van der Waals surface area contributed by atoms with Crippen molar-refractivity contribution in [2.45, 2.75) is 12.2 Å². The lowest BCUT2D eigenvalue weighted by atomic mass is 10.2. The molecule has 2 N–H and O–H groups in total. The van der Waals surface area contributed by atoms with Crippen LogP contribution in [0, 0.1) is 0 Å². The van der Waals surface area contributed by atoms with Crippen LogP contribution in [0.1, 0.15) is 9.59 Å². The number of aliphatic hydroxyl groups is 2. The van der Waals surface area contributed by atoms with E-state index in [4.69, 9.17) is 0 Å².